The third kappa shape index (κ3) is 2.95. The van der Waals surface area contributed by atoms with Gasteiger partial charge in [-0.3, -0.25) is 4.79 Å². The Morgan fingerprint density at radius 3 is 2.38 bits per heavy atom. The fraction of sp³-hybridized carbons (Fsp3) is 0.889. The van der Waals surface area contributed by atoms with Crippen LogP contribution in [-0.2, 0) is 4.79 Å². The van der Waals surface area contributed by atoms with Gasteiger partial charge in [-0.05, 0) is 26.7 Å². The standard InChI is InChI=1S/C9H16BrNO2/c1-7(10)8(12)11-5-3-9(2,13)4-6-11/h7,13H,3-6H2,1-2H3. The number of likely N-dealkylation sites (tertiary alicyclic amines) is 1. The molecule has 1 aliphatic rings. The quantitative estimate of drug-likeness (QED) is 0.709. The van der Waals surface area contributed by atoms with Crippen LogP contribution in [0.4, 0.5) is 0 Å². The van der Waals surface area contributed by atoms with Crippen LogP contribution >= 0.6 is 15.9 Å². The van der Waals surface area contributed by atoms with E-state index in [1.54, 1.807) is 4.90 Å². The molecular formula is C9H16BrNO2. The second-order valence-corrected chi connectivity index (χ2v) is 5.31. The number of carbonyl (C=O) groups excluding carboxylic acids is 1. The molecule has 0 aromatic heterocycles. The first-order valence-electron chi connectivity index (χ1n) is 4.58. The molecule has 1 fully saturated rings. The van der Waals surface area contributed by atoms with Crippen molar-refractivity contribution in [3.05, 3.63) is 0 Å². The Balaban J connectivity index is 2.46. The lowest BCUT2D eigenvalue weighted by Crippen LogP contribution is -2.46. The van der Waals surface area contributed by atoms with Crippen molar-refractivity contribution < 1.29 is 9.90 Å². The van der Waals surface area contributed by atoms with Gasteiger partial charge in [0.05, 0.1) is 10.4 Å². The summed E-state index contributed by atoms with van der Waals surface area (Å²) in [7, 11) is 0. The van der Waals surface area contributed by atoms with Gasteiger partial charge >= 0.3 is 0 Å². The van der Waals surface area contributed by atoms with Gasteiger partial charge in [0.15, 0.2) is 0 Å². The highest BCUT2D eigenvalue weighted by Crippen LogP contribution is 2.22. The summed E-state index contributed by atoms with van der Waals surface area (Å²) >= 11 is 3.25. The van der Waals surface area contributed by atoms with E-state index in [1.807, 2.05) is 13.8 Å². The predicted octanol–water partition coefficient (Wildman–Crippen LogP) is 1.14. The van der Waals surface area contributed by atoms with Crippen LogP contribution in [0.3, 0.4) is 0 Å². The van der Waals surface area contributed by atoms with Crippen molar-refractivity contribution in [3.63, 3.8) is 0 Å². The van der Waals surface area contributed by atoms with E-state index in [1.165, 1.54) is 0 Å². The maximum absolute atomic E-state index is 11.5. The van der Waals surface area contributed by atoms with Gasteiger partial charge in [-0.2, -0.15) is 0 Å². The summed E-state index contributed by atoms with van der Waals surface area (Å²) < 4.78 is 0. The van der Waals surface area contributed by atoms with Crippen molar-refractivity contribution in [2.24, 2.45) is 0 Å². The first kappa shape index (κ1) is 11.0. The molecule has 1 N–H and O–H groups in total. The summed E-state index contributed by atoms with van der Waals surface area (Å²) in [4.78, 5) is 13.2. The molecule has 1 amide bonds. The largest absolute Gasteiger partial charge is 0.390 e. The molecule has 1 aliphatic heterocycles. The van der Waals surface area contributed by atoms with Gasteiger partial charge in [-0.1, -0.05) is 15.9 Å². The molecule has 0 spiro atoms. The van der Waals surface area contributed by atoms with Crippen LogP contribution in [0.5, 0.6) is 0 Å². The highest BCUT2D eigenvalue weighted by Gasteiger charge is 2.30. The molecule has 1 atom stereocenters. The van der Waals surface area contributed by atoms with Gasteiger partial charge in [0.2, 0.25) is 5.91 Å². The molecule has 1 saturated heterocycles. The number of nitrogens with zero attached hydrogens (tertiary/aromatic N) is 1. The van der Waals surface area contributed by atoms with E-state index in [0.717, 1.165) is 0 Å². The number of amides is 1. The van der Waals surface area contributed by atoms with Crippen LogP contribution in [0.25, 0.3) is 0 Å². The SMILES string of the molecule is CC(Br)C(=O)N1CCC(C)(O)CC1. The number of piperidine rings is 1. The Bertz CT molecular complexity index is 194. The van der Waals surface area contributed by atoms with Gasteiger partial charge in [0.1, 0.15) is 0 Å². The van der Waals surface area contributed by atoms with Crippen LogP contribution in [0, 0.1) is 0 Å². The van der Waals surface area contributed by atoms with E-state index < -0.39 is 5.60 Å². The van der Waals surface area contributed by atoms with E-state index >= 15 is 0 Å². The van der Waals surface area contributed by atoms with E-state index in [-0.39, 0.29) is 10.7 Å². The summed E-state index contributed by atoms with van der Waals surface area (Å²) in [6.45, 7) is 4.99. The molecule has 0 aromatic rings. The molecule has 0 aromatic carbocycles. The minimum atomic E-state index is -0.577. The number of hydrogen-bond donors (Lipinski definition) is 1. The maximum atomic E-state index is 11.5. The molecule has 1 rings (SSSR count). The molecule has 1 heterocycles. The van der Waals surface area contributed by atoms with Gasteiger partial charge in [0, 0.05) is 13.1 Å². The fourth-order valence-electron chi connectivity index (χ4n) is 1.46. The molecule has 3 nitrogen and oxygen atoms in total. The van der Waals surface area contributed by atoms with E-state index in [4.69, 9.17) is 0 Å². The van der Waals surface area contributed by atoms with Crippen molar-refractivity contribution in [1.29, 1.82) is 0 Å². The fourth-order valence-corrected chi connectivity index (χ4v) is 1.75. The molecule has 1 unspecified atom stereocenters. The Morgan fingerprint density at radius 1 is 1.54 bits per heavy atom. The Labute approximate surface area is 87.2 Å². The van der Waals surface area contributed by atoms with Gasteiger partial charge in [-0.15, -0.1) is 0 Å². The lowest BCUT2D eigenvalue weighted by molar-refractivity contribution is -0.133. The molecule has 13 heavy (non-hydrogen) atoms. The van der Waals surface area contributed by atoms with Crippen molar-refractivity contribution in [3.8, 4) is 0 Å². The molecule has 0 saturated carbocycles. The Hall–Kier alpha value is -0.0900. The zero-order valence-electron chi connectivity index (χ0n) is 8.09. The van der Waals surface area contributed by atoms with Gasteiger partial charge in [0.25, 0.3) is 0 Å². The molecular weight excluding hydrogens is 234 g/mol. The third-order valence-corrected chi connectivity index (χ3v) is 2.88. The van der Waals surface area contributed by atoms with Crippen LogP contribution in [0.15, 0.2) is 0 Å². The van der Waals surface area contributed by atoms with Crippen LogP contribution in [0.2, 0.25) is 0 Å². The summed E-state index contributed by atoms with van der Waals surface area (Å²) in [6, 6.07) is 0. The molecule has 76 valence electrons. The van der Waals surface area contributed by atoms with E-state index in [0.29, 0.717) is 25.9 Å². The monoisotopic (exact) mass is 249 g/mol. The number of rotatable bonds is 1. The molecule has 0 bridgehead atoms. The number of alkyl halides is 1. The van der Waals surface area contributed by atoms with Crippen LogP contribution < -0.4 is 0 Å². The van der Waals surface area contributed by atoms with E-state index in [9.17, 15) is 9.90 Å². The Kier molecular flexibility index (Phi) is 3.35. The third-order valence-electron chi connectivity index (χ3n) is 2.49. The summed E-state index contributed by atoms with van der Waals surface area (Å²) in [6.07, 6.45) is 1.36. The number of halogens is 1. The number of hydrogen-bond acceptors (Lipinski definition) is 2. The predicted molar refractivity (Wildman–Crippen MR) is 54.8 cm³/mol. The van der Waals surface area contributed by atoms with Crippen molar-refractivity contribution in [2.75, 3.05) is 13.1 Å². The normalized spacial score (nSPS) is 24.2. The first-order chi connectivity index (χ1) is 5.92. The van der Waals surface area contributed by atoms with Crippen molar-refractivity contribution in [1.82, 2.24) is 4.90 Å². The number of aliphatic hydroxyl groups is 1. The van der Waals surface area contributed by atoms with Crippen molar-refractivity contribution >= 4 is 21.8 Å². The average molecular weight is 250 g/mol. The second kappa shape index (κ2) is 3.96. The number of carbonyl (C=O) groups is 1. The highest BCUT2D eigenvalue weighted by molar-refractivity contribution is 9.10. The topological polar surface area (TPSA) is 40.5 Å². The molecule has 4 heteroatoms. The minimum Gasteiger partial charge on any atom is -0.390 e. The summed E-state index contributed by atoms with van der Waals surface area (Å²) in [5, 5.41) is 9.66. The van der Waals surface area contributed by atoms with Crippen LogP contribution in [0.1, 0.15) is 26.7 Å². The zero-order valence-corrected chi connectivity index (χ0v) is 9.67. The van der Waals surface area contributed by atoms with E-state index in [2.05, 4.69) is 15.9 Å². The smallest absolute Gasteiger partial charge is 0.236 e. The second-order valence-electron chi connectivity index (χ2n) is 3.94. The van der Waals surface area contributed by atoms with Gasteiger partial charge in [-0.25, -0.2) is 0 Å². The Morgan fingerprint density at radius 2 is 2.00 bits per heavy atom. The summed E-state index contributed by atoms with van der Waals surface area (Å²) in [5.74, 6) is 0.121. The first-order valence-corrected chi connectivity index (χ1v) is 5.49. The highest BCUT2D eigenvalue weighted by atomic mass is 79.9. The molecule has 0 aliphatic carbocycles. The lowest BCUT2D eigenvalue weighted by Gasteiger charge is -2.36. The van der Waals surface area contributed by atoms with Crippen molar-refractivity contribution in [2.45, 2.75) is 37.1 Å². The lowest BCUT2D eigenvalue weighted by atomic mass is 9.94. The summed E-state index contributed by atoms with van der Waals surface area (Å²) in [5.41, 5.74) is -0.577. The maximum Gasteiger partial charge on any atom is 0.236 e. The molecule has 0 radical (unpaired) electrons. The van der Waals surface area contributed by atoms with Crippen LogP contribution in [-0.4, -0.2) is 39.4 Å². The minimum absolute atomic E-state index is 0.115. The zero-order chi connectivity index (χ0) is 10.1. The van der Waals surface area contributed by atoms with Gasteiger partial charge < -0.3 is 10.0 Å². The average Bonchev–Trinajstić information content (AvgIpc) is 2.03.